The summed E-state index contributed by atoms with van der Waals surface area (Å²) in [6.45, 7) is 2.27. The third kappa shape index (κ3) is 5.29. The van der Waals surface area contributed by atoms with Gasteiger partial charge < -0.3 is 11.1 Å². The van der Waals surface area contributed by atoms with E-state index < -0.39 is 10.0 Å². The fraction of sp³-hybridized carbons (Fsp3) is 0.333. The molecule has 1 heterocycles. The number of rotatable bonds is 8. The van der Waals surface area contributed by atoms with Crippen molar-refractivity contribution in [2.75, 3.05) is 22.3 Å². The maximum Gasteiger partial charge on any atom is 0.275 e. The van der Waals surface area contributed by atoms with E-state index in [4.69, 9.17) is 5.73 Å². The predicted molar refractivity (Wildman–Crippen MR) is 97.0 cm³/mol. The Labute approximate surface area is 145 Å². The van der Waals surface area contributed by atoms with E-state index in [-0.39, 0.29) is 11.7 Å². The molecule has 24 heavy (non-hydrogen) atoms. The standard InChI is InChI=1S/C15H20N4O3S2/c1-2-8-24(21,22)19-12-5-3-4-11(9-12)17-15(20)13-10-23-14(18-13)6-7-16/h3-5,9-10,19H,2,6-8,16H2,1H3,(H,17,20). The molecule has 0 aliphatic carbocycles. The maximum atomic E-state index is 12.2. The van der Waals surface area contributed by atoms with Crippen LogP contribution in [0.1, 0.15) is 28.8 Å². The van der Waals surface area contributed by atoms with E-state index in [0.29, 0.717) is 36.5 Å². The van der Waals surface area contributed by atoms with Crippen LogP contribution in [0.3, 0.4) is 0 Å². The predicted octanol–water partition coefficient (Wildman–Crippen LogP) is 2.05. The Kier molecular flexibility index (Phi) is 6.29. The van der Waals surface area contributed by atoms with Gasteiger partial charge >= 0.3 is 0 Å². The van der Waals surface area contributed by atoms with Crippen molar-refractivity contribution in [3.8, 4) is 0 Å². The summed E-state index contributed by atoms with van der Waals surface area (Å²) in [7, 11) is -3.37. The molecule has 0 radical (unpaired) electrons. The molecule has 0 saturated heterocycles. The number of anilines is 2. The molecule has 0 spiro atoms. The number of hydrogen-bond donors (Lipinski definition) is 3. The van der Waals surface area contributed by atoms with Gasteiger partial charge in [0.15, 0.2) is 0 Å². The molecule has 7 nitrogen and oxygen atoms in total. The molecule has 0 fully saturated rings. The van der Waals surface area contributed by atoms with Crippen LogP contribution in [0.2, 0.25) is 0 Å². The fourth-order valence-corrected chi connectivity index (χ4v) is 3.93. The van der Waals surface area contributed by atoms with E-state index in [9.17, 15) is 13.2 Å². The van der Waals surface area contributed by atoms with E-state index in [1.807, 2.05) is 0 Å². The summed E-state index contributed by atoms with van der Waals surface area (Å²) in [6, 6.07) is 6.55. The molecule has 0 aliphatic rings. The quantitative estimate of drug-likeness (QED) is 0.660. The van der Waals surface area contributed by atoms with Gasteiger partial charge in [-0.25, -0.2) is 13.4 Å². The average Bonchev–Trinajstić information content (AvgIpc) is 2.96. The van der Waals surface area contributed by atoms with Gasteiger partial charge in [-0.1, -0.05) is 13.0 Å². The minimum atomic E-state index is -3.37. The SMILES string of the molecule is CCCS(=O)(=O)Nc1cccc(NC(=O)c2csc(CCN)n2)c1. The topological polar surface area (TPSA) is 114 Å². The molecule has 1 aromatic heterocycles. The van der Waals surface area contributed by atoms with Gasteiger partial charge in [0.1, 0.15) is 5.69 Å². The summed E-state index contributed by atoms with van der Waals surface area (Å²) >= 11 is 1.39. The van der Waals surface area contributed by atoms with Crippen LogP contribution < -0.4 is 15.8 Å². The molecule has 4 N–H and O–H groups in total. The Morgan fingerprint density at radius 3 is 2.79 bits per heavy atom. The molecule has 0 aliphatic heterocycles. The van der Waals surface area contributed by atoms with Crippen LogP contribution in [0.25, 0.3) is 0 Å². The largest absolute Gasteiger partial charge is 0.330 e. The number of amides is 1. The molecule has 1 amide bonds. The molecule has 0 bridgehead atoms. The van der Waals surface area contributed by atoms with Crippen LogP contribution >= 0.6 is 11.3 Å². The summed E-state index contributed by atoms with van der Waals surface area (Å²) in [4.78, 5) is 16.4. The van der Waals surface area contributed by atoms with E-state index in [0.717, 1.165) is 5.01 Å². The number of nitrogens with two attached hydrogens (primary N) is 1. The Hall–Kier alpha value is -1.97. The Morgan fingerprint density at radius 1 is 1.33 bits per heavy atom. The summed E-state index contributed by atoms with van der Waals surface area (Å²) in [5.74, 6) is -0.296. The summed E-state index contributed by atoms with van der Waals surface area (Å²) in [6.07, 6.45) is 1.16. The van der Waals surface area contributed by atoms with Crippen molar-refractivity contribution in [3.63, 3.8) is 0 Å². The average molecular weight is 368 g/mol. The van der Waals surface area contributed by atoms with Crippen molar-refractivity contribution in [2.24, 2.45) is 5.73 Å². The van der Waals surface area contributed by atoms with Gasteiger partial charge in [0, 0.05) is 17.5 Å². The van der Waals surface area contributed by atoms with Crippen LogP contribution in [0.15, 0.2) is 29.6 Å². The zero-order valence-corrected chi connectivity index (χ0v) is 14.9. The first-order valence-corrected chi connectivity index (χ1v) is 10.0. The lowest BCUT2D eigenvalue weighted by Gasteiger charge is -2.09. The van der Waals surface area contributed by atoms with Gasteiger partial charge in [0.2, 0.25) is 10.0 Å². The number of aromatic nitrogens is 1. The van der Waals surface area contributed by atoms with Gasteiger partial charge in [0.25, 0.3) is 5.91 Å². The lowest BCUT2D eigenvalue weighted by molar-refractivity contribution is 0.102. The highest BCUT2D eigenvalue weighted by Gasteiger charge is 2.12. The van der Waals surface area contributed by atoms with Crippen molar-refractivity contribution < 1.29 is 13.2 Å². The Balaban J connectivity index is 2.07. The summed E-state index contributed by atoms with van der Waals surface area (Å²) < 4.78 is 26.1. The zero-order valence-electron chi connectivity index (χ0n) is 13.3. The van der Waals surface area contributed by atoms with E-state index in [1.165, 1.54) is 11.3 Å². The van der Waals surface area contributed by atoms with Gasteiger partial charge in [-0.2, -0.15) is 0 Å². The van der Waals surface area contributed by atoms with Crippen molar-refractivity contribution in [1.82, 2.24) is 4.98 Å². The summed E-state index contributed by atoms with van der Waals surface area (Å²) in [5.41, 5.74) is 6.68. The third-order valence-electron chi connectivity index (χ3n) is 3.01. The lowest BCUT2D eigenvalue weighted by atomic mass is 10.3. The second kappa shape index (κ2) is 8.22. The van der Waals surface area contributed by atoms with Crippen LogP contribution in [0.4, 0.5) is 11.4 Å². The van der Waals surface area contributed by atoms with Crippen molar-refractivity contribution in [3.05, 3.63) is 40.3 Å². The highest BCUT2D eigenvalue weighted by atomic mass is 32.2. The number of nitrogens with zero attached hydrogens (tertiary/aromatic N) is 1. The fourth-order valence-electron chi connectivity index (χ4n) is 2.01. The first kappa shape index (κ1) is 18.4. The number of nitrogens with one attached hydrogen (secondary N) is 2. The molecular weight excluding hydrogens is 348 g/mol. The minimum Gasteiger partial charge on any atom is -0.330 e. The molecule has 2 aromatic rings. The molecular formula is C15H20N4O3S2. The molecule has 0 unspecified atom stereocenters. The second-order valence-corrected chi connectivity index (χ2v) is 7.91. The van der Waals surface area contributed by atoms with Crippen molar-refractivity contribution >= 4 is 38.6 Å². The minimum absolute atomic E-state index is 0.0479. The monoisotopic (exact) mass is 368 g/mol. The van der Waals surface area contributed by atoms with Crippen LogP contribution in [0.5, 0.6) is 0 Å². The number of thiazole rings is 1. The van der Waals surface area contributed by atoms with E-state index in [2.05, 4.69) is 15.0 Å². The number of carbonyl (C=O) groups excluding carboxylic acids is 1. The van der Waals surface area contributed by atoms with Gasteiger partial charge in [-0.3, -0.25) is 9.52 Å². The smallest absolute Gasteiger partial charge is 0.275 e. The first-order chi connectivity index (χ1) is 11.4. The second-order valence-electron chi connectivity index (χ2n) is 5.12. The third-order valence-corrected chi connectivity index (χ3v) is 5.41. The maximum absolute atomic E-state index is 12.2. The molecule has 130 valence electrons. The van der Waals surface area contributed by atoms with Gasteiger partial charge in [-0.15, -0.1) is 11.3 Å². The number of hydrogen-bond acceptors (Lipinski definition) is 6. The van der Waals surface area contributed by atoms with Crippen molar-refractivity contribution in [2.45, 2.75) is 19.8 Å². The Bertz CT molecular complexity index is 803. The van der Waals surface area contributed by atoms with E-state index in [1.54, 1.807) is 36.6 Å². The zero-order chi connectivity index (χ0) is 17.6. The van der Waals surface area contributed by atoms with Crippen molar-refractivity contribution in [1.29, 1.82) is 0 Å². The first-order valence-electron chi connectivity index (χ1n) is 7.50. The Morgan fingerprint density at radius 2 is 2.08 bits per heavy atom. The highest BCUT2D eigenvalue weighted by Crippen LogP contribution is 2.18. The highest BCUT2D eigenvalue weighted by molar-refractivity contribution is 7.92. The molecule has 9 heteroatoms. The van der Waals surface area contributed by atoms with Crippen LogP contribution in [0, 0.1) is 0 Å². The molecule has 0 atom stereocenters. The molecule has 1 aromatic carbocycles. The molecule has 0 saturated carbocycles. The van der Waals surface area contributed by atoms with Crippen LogP contribution in [-0.4, -0.2) is 31.6 Å². The number of benzene rings is 1. The van der Waals surface area contributed by atoms with E-state index >= 15 is 0 Å². The van der Waals surface area contributed by atoms with Gasteiger partial charge in [-0.05, 0) is 31.2 Å². The normalized spacial score (nSPS) is 11.2. The van der Waals surface area contributed by atoms with Gasteiger partial charge in [0.05, 0.1) is 16.4 Å². The number of sulfonamides is 1. The number of carbonyl (C=O) groups is 1. The lowest BCUT2D eigenvalue weighted by Crippen LogP contribution is -2.16. The van der Waals surface area contributed by atoms with Crippen LogP contribution in [-0.2, 0) is 16.4 Å². The molecule has 2 rings (SSSR count). The summed E-state index contributed by atoms with van der Waals surface area (Å²) in [5, 5.41) is 5.19.